The lowest BCUT2D eigenvalue weighted by atomic mass is 9.75. The van der Waals surface area contributed by atoms with E-state index in [1.54, 1.807) is 27.7 Å². The predicted octanol–water partition coefficient (Wildman–Crippen LogP) is 0.434. The number of Topliss-reactive ketones (excluding diaryl/α,β-unsaturated/α-hetero) is 3. The number of aliphatic hydroxyl groups is 6. The fourth-order valence-electron chi connectivity index (χ4n) is 8.04. The molecule has 3 aliphatic rings. The number of fused-ring (bicyclic) bond motifs is 2. The van der Waals surface area contributed by atoms with E-state index in [4.69, 9.17) is 42.6 Å². The lowest BCUT2D eigenvalue weighted by Crippen LogP contribution is -2.51. The highest BCUT2D eigenvalue weighted by atomic mass is 16.7. The Labute approximate surface area is 364 Å². The Morgan fingerprint density at radius 3 is 2.21 bits per heavy atom. The number of benzene rings is 2. The largest absolute Gasteiger partial charge is 0.507 e. The standard InChI is InChI=1S/C43H62O20/c1-17-30(63-33-13-31(39(52)22(6)61-33)62-23(7)59-20(4)28(47)14-44)11-25-9-24-10-26(42(55-8)37(50)18(2)45)43(41(54)35(24)40(53)34(25)36(17)49)58-16-57-19(3)29(48)15-56-32-12-27(46)38(51)21(5)60-32/h9,11,19-23,26-29,31-33,38-39,42-44,46-49,51-53H,10,12-16H2,1-8H3/t19?,20?,21?,22?,23?,26-,27?,28-,29-,31?,32+,33-,38-,39+,42-,43-/m0/s1. The van der Waals surface area contributed by atoms with E-state index in [9.17, 15) is 55.2 Å². The first-order valence-electron chi connectivity index (χ1n) is 21.0. The van der Waals surface area contributed by atoms with Crippen LogP contribution in [-0.4, -0.2) is 177 Å². The van der Waals surface area contributed by atoms with E-state index in [1.807, 2.05) is 0 Å². The molecular weight excluding hydrogens is 836 g/mol. The zero-order valence-corrected chi connectivity index (χ0v) is 36.6. The molecule has 0 aromatic heterocycles. The van der Waals surface area contributed by atoms with Gasteiger partial charge in [0.25, 0.3) is 0 Å². The molecule has 5 rings (SSSR count). The van der Waals surface area contributed by atoms with E-state index >= 15 is 0 Å². The van der Waals surface area contributed by atoms with Crippen molar-refractivity contribution in [3.8, 4) is 17.2 Å². The Bertz CT molecular complexity index is 1900. The summed E-state index contributed by atoms with van der Waals surface area (Å²) in [5.41, 5.74) is 0.211. The van der Waals surface area contributed by atoms with Gasteiger partial charge < -0.3 is 83.5 Å². The monoisotopic (exact) mass is 898 g/mol. The molecule has 7 unspecified atom stereocenters. The maximum absolute atomic E-state index is 14.4. The molecule has 20 heteroatoms. The number of rotatable bonds is 20. The number of carbonyl (C=O) groups is 3. The topological polar surface area (TPSA) is 296 Å². The second-order valence-corrected chi connectivity index (χ2v) is 16.5. The fourth-order valence-corrected chi connectivity index (χ4v) is 8.04. The van der Waals surface area contributed by atoms with E-state index in [1.165, 1.54) is 33.1 Å². The summed E-state index contributed by atoms with van der Waals surface area (Å²) in [6.45, 7) is 9.02. The minimum absolute atomic E-state index is 0.00471. The van der Waals surface area contributed by atoms with Crippen LogP contribution in [0.1, 0.15) is 75.9 Å². The molecule has 0 saturated carbocycles. The molecule has 16 atom stereocenters. The minimum Gasteiger partial charge on any atom is -0.507 e. The lowest BCUT2D eigenvalue weighted by Gasteiger charge is -2.39. The van der Waals surface area contributed by atoms with Crippen molar-refractivity contribution in [3.05, 3.63) is 28.8 Å². The first-order valence-corrected chi connectivity index (χ1v) is 21.0. The summed E-state index contributed by atoms with van der Waals surface area (Å²) in [5.74, 6) is -4.52. The van der Waals surface area contributed by atoms with Crippen molar-refractivity contribution in [1.82, 2.24) is 0 Å². The quantitative estimate of drug-likeness (QED) is 0.0660. The highest BCUT2D eigenvalue weighted by molar-refractivity contribution is 6.38. The van der Waals surface area contributed by atoms with E-state index in [-0.39, 0.29) is 59.1 Å². The SMILES string of the molecule is CO[C@H](C(=O)C(C)=O)[C@@H]1Cc2cc3cc(O[C@H]4CC(OC(C)OC(C)[C@@H](O)CO)[C@H](O)C(C)O4)c(C)c(O)c3c(O)c2C(=O)[C@H]1OCOC(C)[C@@H](O)CO[C@H]1CC(O)[C@@H](O)C(C)O1. The zero-order valence-electron chi connectivity index (χ0n) is 36.6. The van der Waals surface area contributed by atoms with Crippen LogP contribution in [0.5, 0.6) is 17.2 Å². The first kappa shape index (κ1) is 50.5. The predicted molar refractivity (Wildman–Crippen MR) is 217 cm³/mol. The molecule has 2 aromatic carbocycles. The maximum atomic E-state index is 14.4. The number of ether oxygens (including phenoxy) is 9. The average Bonchev–Trinajstić information content (AvgIpc) is 3.22. The van der Waals surface area contributed by atoms with Gasteiger partial charge in [0.2, 0.25) is 12.1 Å². The molecule has 2 saturated heterocycles. The number of phenolic OH excluding ortho intramolecular Hbond substituents is 2. The molecule has 2 fully saturated rings. The van der Waals surface area contributed by atoms with E-state index in [0.717, 1.165) is 6.92 Å². The molecule has 354 valence electrons. The average molecular weight is 899 g/mol. The lowest BCUT2D eigenvalue weighted by molar-refractivity contribution is -0.271. The first-order chi connectivity index (χ1) is 29.7. The second kappa shape index (κ2) is 21.7. The third kappa shape index (κ3) is 11.5. The van der Waals surface area contributed by atoms with Crippen LogP contribution < -0.4 is 4.74 Å². The van der Waals surface area contributed by atoms with Crippen LogP contribution in [0.2, 0.25) is 0 Å². The van der Waals surface area contributed by atoms with E-state index in [0.29, 0.717) is 0 Å². The molecule has 2 aromatic rings. The molecule has 0 bridgehead atoms. The Kier molecular flexibility index (Phi) is 17.4. The van der Waals surface area contributed by atoms with Gasteiger partial charge in [0, 0.05) is 38.4 Å². The van der Waals surface area contributed by atoms with Crippen molar-refractivity contribution in [2.75, 3.05) is 27.1 Å². The summed E-state index contributed by atoms with van der Waals surface area (Å²) in [6, 6.07) is 3.06. The third-order valence-corrected chi connectivity index (χ3v) is 11.9. The highest BCUT2D eigenvalue weighted by Crippen LogP contribution is 2.46. The molecule has 0 radical (unpaired) electrons. The Morgan fingerprint density at radius 2 is 1.57 bits per heavy atom. The molecule has 1 aliphatic carbocycles. The molecular formula is C43H62O20. The number of carbonyl (C=O) groups excluding carboxylic acids is 3. The van der Waals surface area contributed by atoms with Crippen LogP contribution in [0.4, 0.5) is 0 Å². The zero-order chi connectivity index (χ0) is 46.6. The van der Waals surface area contributed by atoms with Crippen molar-refractivity contribution in [2.45, 2.75) is 160 Å². The molecule has 8 N–H and O–H groups in total. The van der Waals surface area contributed by atoms with Crippen molar-refractivity contribution >= 4 is 28.1 Å². The summed E-state index contributed by atoms with van der Waals surface area (Å²) in [5, 5.41) is 84.1. The number of methoxy groups -OCH3 is 1. The normalized spacial score (nSPS) is 30.5. The Hall–Kier alpha value is -3.45. The van der Waals surface area contributed by atoms with E-state index in [2.05, 4.69) is 0 Å². The summed E-state index contributed by atoms with van der Waals surface area (Å²) < 4.78 is 51.9. The smallest absolute Gasteiger partial charge is 0.227 e. The number of hydrogen-bond donors (Lipinski definition) is 8. The number of ketones is 3. The summed E-state index contributed by atoms with van der Waals surface area (Å²) in [4.78, 5) is 39.8. The van der Waals surface area contributed by atoms with E-state index < -0.39 is 140 Å². The molecule has 20 nitrogen and oxygen atoms in total. The van der Waals surface area contributed by atoms with Crippen LogP contribution in [0.3, 0.4) is 0 Å². The van der Waals surface area contributed by atoms with Crippen LogP contribution >= 0.6 is 0 Å². The van der Waals surface area contributed by atoms with Gasteiger partial charge in [0.15, 0.2) is 24.1 Å². The molecule has 63 heavy (non-hydrogen) atoms. The highest BCUT2D eigenvalue weighted by Gasteiger charge is 2.46. The van der Waals surface area contributed by atoms with Gasteiger partial charge in [-0.2, -0.15) is 0 Å². The second-order valence-electron chi connectivity index (χ2n) is 16.5. The van der Waals surface area contributed by atoms with Crippen molar-refractivity contribution in [1.29, 1.82) is 0 Å². The number of hydrogen-bond acceptors (Lipinski definition) is 20. The number of aromatic hydroxyl groups is 2. The fraction of sp³-hybridized carbons (Fsp3) is 0.698. The van der Waals surface area contributed by atoms with Gasteiger partial charge in [-0.05, 0) is 71.0 Å². The van der Waals surface area contributed by atoms with Crippen LogP contribution in [-0.2, 0) is 53.9 Å². The van der Waals surface area contributed by atoms with Gasteiger partial charge in [0.1, 0.15) is 60.7 Å². The van der Waals surface area contributed by atoms with Crippen LogP contribution in [0, 0.1) is 12.8 Å². The van der Waals surface area contributed by atoms with Gasteiger partial charge in [-0.15, -0.1) is 0 Å². The minimum atomic E-state index is -1.52. The Balaban J connectivity index is 1.36. The maximum Gasteiger partial charge on any atom is 0.227 e. The summed E-state index contributed by atoms with van der Waals surface area (Å²) in [6.07, 6.45) is -15.6. The summed E-state index contributed by atoms with van der Waals surface area (Å²) >= 11 is 0. The Morgan fingerprint density at radius 1 is 0.905 bits per heavy atom. The number of aliphatic hydroxyl groups excluding tert-OH is 6. The van der Waals surface area contributed by atoms with Gasteiger partial charge in [-0.3, -0.25) is 14.4 Å². The van der Waals surface area contributed by atoms with Gasteiger partial charge in [-0.25, -0.2) is 0 Å². The van der Waals surface area contributed by atoms with Crippen LogP contribution in [0.25, 0.3) is 10.8 Å². The molecule has 0 amide bonds. The molecule has 2 aliphatic heterocycles. The van der Waals surface area contributed by atoms with Crippen LogP contribution in [0.15, 0.2) is 12.1 Å². The summed E-state index contributed by atoms with van der Waals surface area (Å²) in [7, 11) is 1.20. The van der Waals surface area contributed by atoms with Gasteiger partial charge in [0.05, 0.1) is 60.8 Å². The van der Waals surface area contributed by atoms with Gasteiger partial charge in [-0.1, -0.05) is 0 Å². The van der Waals surface area contributed by atoms with Crippen molar-refractivity contribution in [2.24, 2.45) is 5.92 Å². The number of phenols is 2. The van der Waals surface area contributed by atoms with Gasteiger partial charge >= 0.3 is 0 Å². The van der Waals surface area contributed by atoms with Crippen molar-refractivity contribution < 1.29 is 97.9 Å². The molecule has 2 heterocycles. The third-order valence-electron chi connectivity index (χ3n) is 11.9. The van der Waals surface area contributed by atoms with Crippen molar-refractivity contribution in [3.63, 3.8) is 0 Å². The molecule has 0 spiro atoms.